The number of hydrogen-bond donors (Lipinski definition) is 1. The summed E-state index contributed by atoms with van der Waals surface area (Å²) in [5.74, 6) is 0.101. The second-order valence-electron chi connectivity index (χ2n) is 10.2. The quantitative estimate of drug-likeness (QED) is 0.145. The lowest BCUT2D eigenvalue weighted by molar-refractivity contribution is 0.326. The summed E-state index contributed by atoms with van der Waals surface area (Å²) in [6.45, 7) is 6.45. The molecule has 5 heteroatoms. The summed E-state index contributed by atoms with van der Waals surface area (Å²) in [5, 5.41) is 32.2. The molecule has 0 unspecified atom stereocenters. The van der Waals surface area contributed by atoms with Crippen molar-refractivity contribution in [3.63, 3.8) is 0 Å². The first-order valence-corrected chi connectivity index (χ1v) is 12.0. The number of aromatic nitrogens is 2. The number of fused-ring (bicyclic) bond motifs is 4. The lowest BCUT2D eigenvalue weighted by Gasteiger charge is -2.29. The lowest BCUT2D eigenvalue weighted by Crippen LogP contribution is -2.15. The third kappa shape index (κ3) is 4.10. The number of phenols is 1. The molecule has 0 bridgehead atoms. The number of benzene rings is 3. The van der Waals surface area contributed by atoms with E-state index >= 15 is 0 Å². The van der Waals surface area contributed by atoms with Crippen LogP contribution in [0.3, 0.4) is 0 Å². The summed E-state index contributed by atoms with van der Waals surface area (Å²) in [6.07, 6.45) is 8.31. The summed E-state index contributed by atoms with van der Waals surface area (Å²) >= 11 is 0. The fourth-order valence-electron chi connectivity index (χ4n) is 4.84. The number of allylic oxidation sites excluding steroid dienone is 5. The Balaban J connectivity index is 1.77. The molecular formula is C31H26N4O. The van der Waals surface area contributed by atoms with Crippen molar-refractivity contribution in [1.82, 2.24) is 9.97 Å². The third-order valence-corrected chi connectivity index (χ3v) is 7.00. The van der Waals surface area contributed by atoms with Crippen LogP contribution in [0.5, 0.6) is 5.75 Å². The molecule has 36 heavy (non-hydrogen) atoms. The first-order valence-electron chi connectivity index (χ1n) is 12.0. The predicted octanol–water partition coefficient (Wildman–Crippen LogP) is 7.44. The molecule has 0 amide bonds. The van der Waals surface area contributed by atoms with Gasteiger partial charge in [-0.15, -0.1) is 0 Å². The third-order valence-electron chi connectivity index (χ3n) is 7.00. The predicted molar refractivity (Wildman–Crippen MR) is 144 cm³/mol. The van der Waals surface area contributed by atoms with Crippen molar-refractivity contribution in [2.24, 2.45) is 5.41 Å². The van der Waals surface area contributed by atoms with E-state index in [2.05, 4.69) is 32.1 Å². The van der Waals surface area contributed by atoms with Gasteiger partial charge >= 0.3 is 0 Å². The Labute approximate surface area is 210 Å². The number of nitrogens with zero attached hydrogens (tertiary/aromatic N) is 4. The first-order chi connectivity index (χ1) is 17.3. The van der Waals surface area contributed by atoms with Crippen LogP contribution < -0.4 is 0 Å². The van der Waals surface area contributed by atoms with E-state index in [1.807, 2.05) is 49.4 Å². The maximum atomic E-state index is 11.3. The molecule has 0 aliphatic heterocycles. The zero-order valence-corrected chi connectivity index (χ0v) is 20.6. The molecule has 5 nitrogen and oxygen atoms in total. The zero-order valence-electron chi connectivity index (χ0n) is 20.6. The van der Waals surface area contributed by atoms with Crippen molar-refractivity contribution in [3.05, 3.63) is 82.5 Å². The molecule has 3 aromatic carbocycles. The fourth-order valence-corrected chi connectivity index (χ4v) is 4.84. The van der Waals surface area contributed by atoms with Crippen molar-refractivity contribution < 1.29 is 5.11 Å². The van der Waals surface area contributed by atoms with Crippen LogP contribution in [0.25, 0.3) is 38.9 Å². The Morgan fingerprint density at radius 2 is 1.72 bits per heavy atom. The Morgan fingerprint density at radius 1 is 1.00 bits per heavy atom. The molecule has 0 radical (unpaired) electrons. The second-order valence-corrected chi connectivity index (χ2v) is 10.2. The highest BCUT2D eigenvalue weighted by Crippen LogP contribution is 2.40. The number of nitriles is 2. The first kappa shape index (κ1) is 23.3. The summed E-state index contributed by atoms with van der Waals surface area (Å²) in [5.41, 5.74) is 6.24. The van der Waals surface area contributed by atoms with Crippen molar-refractivity contribution in [2.75, 3.05) is 0 Å². The normalized spacial score (nSPS) is 15.1. The van der Waals surface area contributed by atoms with E-state index in [-0.39, 0.29) is 16.7 Å². The standard InChI is InChI=1S/C31H26N4O/c1-19-8-11-26-27(16-19)35-29-25(30(36)24-7-5-4-6-23(24)28(29)34-26)10-9-22(21(17-32)18-33)20-12-14-31(2,3)15-13-20/h4-12,16,36H,13-15H2,1-3H3/b10-9+. The van der Waals surface area contributed by atoms with Crippen molar-refractivity contribution in [1.29, 1.82) is 10.5 Å². The van der Waals surface area contributed by atoms with Gasteiger partial charge in [0.25, 0.3) is 0 Å². The van der Waals surface area contributed by atoms with E-state index in [4.69, 9.17) is 9.97 Å². The minimum Gasteiger partial charge on any atom is -0.507 e. The highest BCUT2D eigenvalue weighted by atomic mass is 16.3. The number of phenolic OH excluding ortho intramolecular Hbond substituents is 1. The van der Waals surface area contributed by atoms with E-state index in [0.29, 0.717) is 27.6 Å². The summed E-state index contributed by atoms with van der Waals surface area (Å²) in [7, 11) is 0. The van der Waals surface area contributed by atoms with Gasteiger partial charge in [0, 0.05) is 21.9 Å². The monoisotopic (exact) mass is 470 g/mol. The summed E-state index contributed by atoms with van der Waals surface area (Å²) in [6, 6.07) is 17.6. The maximum absolute atomic E-state index is 11.3. The topological polar surface area (TPSA) is 93.6 Å². The van der Waals surface area contributed by atoms with Gasteiger partial charge in [0.05, 0.1) is 16.6 Å². The molecule has 1 heterocycles. The fraction of sp³-hybridized carbons (Fsp3) is 0.226. The minimum atomic E-state index is 0.0638. The van der Waals surface area contributed by atoms with Gasteiger partial charge in [-0.05, 0) is 60.9 Å². The number of aryl methyl sites for hydroxylation is 1. The van der Waals surface area contributed by atoms with E-state index in [9.17, 15) is 15.6 Å². The molecule has 1 aromatic heterocycles. The average molecular weight is 471 g/mol. The molecule has 0 fully saturated rings. The van der Waals surface area contributed by atoms with Crippen LogP contribution in [-0.2, 0) is 0 Å². The molecule has 0 spiro atoms. The summed E-state index contributed by atoms with van der Waals surface area (Å²) in [4.78, 5) is 9.82. The van der Waals surface area contributed by atoms with Gasteiger partial charge in [0.15, 0.2) is 0 Å². The van der Waals surface area contributed by atoms with Crippen molar-refractivity contribution in [2.45, 2.75) is 40.0 Å². The molecule has 1 aliphatic carbocycles. The van der Waals surface area contributed by atoms with Gasteiger partial charge < -0.3 is 5.11 Å². The van der Waals surface area contributed by atoms with Gasteiger partial charge in [0.2, 0.25) is 0 Å². The maximum Gasteiger partial charge on any atom is 0.137 e. The van der Waals surface area contributed by atoms with Gasteiger partial charge in [-0.2, -0.15) is 10.5 Å². The molecule has 1 aliphatic rings. The van der Waals surface area contributed by atoms with Crippen LogP contribution in [0.1, 0.15) is 44.2 Å². The molecule has 1 N–H and O–H groups in total. The van der Waals surface area contributed by atoms with Crippen LogP contribution in [0.4, 0.5) is 0 Å². The van der Waals surface area contributed by atoms with E-state index in [1.165, 1.54) is 0 Å². The molecule has 4 aromatic rings. The smallest absolute Gasteiger partial charge is 0.137 e. The van der Waals surface area contributed by atoms with Crippen LogP contribution in [0.15, 0.2) is 71.3 Å². The Kier molecular flexibility index (Phi) is 5.78. The Bertz CT molecular complexity index is 1710. The lowest BCUT2D eigenvalue weighted by atomic mass is 9.76. The van der Waals surface area contributed by atoms with Gasteiger partial charge in [0.1, 0.15) is 29.0 Å². The SMILES string of the molecule is Cc1ccc2nc3c(nc2c1)c(/C=C/C(C1=CCC(C)(C)CC1)=C(C#N)C#N)c(O)c1ccccc13. The van der Waals surface area contributed by atoms with E-state index in [1.54, 1.807) is 12.2 Å². The number of rotatable bonds is 3. The Hall–Kier alpha value is -4.48. The number of aromatic hydroxyl groups is 1. The van der Waals surface area contributed by atoms with Gasteiger partial charge in [-0.3, -0.25) is 0 Å². The van der Waals surface area contributed by atoms with Crippen LogP contribution >= 0.6 is 0 Å². The van der Waals surface area contributed by atoms with Crippen LogP contribution in [-0.4, -0.2) is 15.1 Å². The highest BCUT2D eigenvalue weighted by molar-refractivity contribution is 6.12. The molecule has 0 atom stereocenters. The molecule has 5 rings (SSSR count). The van der Waals surface area contributed by atoms with Crippen molar-refractivity contribution >= 4 is 38.9 Å². The molecular weight excluding hydrogens is 444 g/mol. The number of hydrogen-bond acceptors (Lipinski definition) is 5. The summed E-state index contributed by atoms with van der Waals surface area (Å²) < 4.78 is 0. The minimum absolute atomic E-state index is 0.0638. The average Bonchev–Trinajstić information content (AvgIpc) is 2.87. The van der Waals surface area contributed by atoms with Gasteiger partial charge in [-0.1, -0.05) is 56.3 Å². The van der Waals surface area contributed by atoms with Gasteiger partial charge in [-0.25, -0.2) is 9.97 Å². The molecule has 176 valence electrons. The van der Waals surface area contributed by atoms with Crippen LogP contribution in [0.2, 0.25) is 0 Å². The second kappa shape index (κ2) is 8.95. The molecule has 0 saturated carbocycles. The largest absolute Gasteiger partial charge is 0.507 e. The zero-order chi connectivity index (χ0) is 25.4. The van der Waals surface area contributed by atoms with Crippen LogP contribution in [0, 0.1) is 35.0 Å². The van der Waals surface area contributed by atoms with E-state index in [0.717, 1.165) is 46.8 Å². The highest BCUT2D eigenvalue weighted by Gasteiger charge is 2.24. The Morgan fingerprint density at radius 3 is 2.42 bits per heavy atom. The van der Waals surface area contributed by atoms with Crippen molar-refractivity contribution in [3.8, 4) is 17.9 Å². The van der Waals surface area contributed by atoms with E-state index < -0.39 is 0 Å². The molecule has 0 saturated heterocycles.